The minimum Gasteiger partial charge on any atom is -0.264 e. The van der Waals surface area contributed by atoms with Crippen molar-refractivity contribution in [1.29, 1.82) is 0 Å². The fourth-order valence-corrected chi connectivity index (χ4v) is 3.48. The SMILES string of the molecule is C(=N\n1c(-c2ccccc2)csc1=NCc1ccccc1)/c1cccnc1. The summed E-state index contributed by atoms with van der Waals surface area (Å²) < 4.78 is 1.90. The Morgan fingerprint density at radius 3 is 2.44 bits per heavy atom. The Bertz CT molecular complexity index is 1080. The van der Waals surface area contributed by atoms with Crippen LogP contribution in [0.25, 0.3) is 11.3 Å². The summed E-state index contributed by atoms with van der Waals surface area (Å²) in [4.78, 5) is 9.79. The lowest BCUT2D eigenvalue weighted by Crippen LogP contribution is -2.12. The highest BCUT2D eigenvalue weighted by Crippen LogP contribution is 2.19. The van der Waals surface area contributed by atoms with E-state index in [1.54, 1.807) is 23.7 Å². The molecule has 0 saturated carbocycles. The van der Waals surface area contributed by atoms with Crippen LogP contribution in [0.5, 0.6) is 0 Å². The molecule has 27 heavy (non-hydrogen) atoms. The second kappa shape index (κ2) is 8.38. The second-order valence-corrected chi connectivity index (χ2v) is 6.75. The highest BCUT2D eigenvalue weighted by molar-refractivity contribution is 7.07. The van der Waals surface area contributed by atoms with Crippen LogP contribution in [0, 0.1) is 0 Å². The molecule has 0 radical (unpaired) electrons. The van der Waals surface area contributed by atoms with E-state index in [1.165, 1.54) is 5.56 Å². The molecule has 0 saturated heterocycles. The number of thiazole rings is 1. The van der Waals surface area contributed by atoms with Crippen LogP contribution < -0.4 is 4.80 Å². The summed E-state index contributed by atoms with van der Waals surface area (Å²) in [6.45, 7) is 0.623. The van der Waals surface area contributed by atoms with Gasteiger partial charge in [-0.25, -0.2) is 4.68 Å². The molecule has 132 valence electrons. The lowest BCUT2D eigenvalue weighted by molar-refractivity contribution is 0.824. The first-order valence-corrected chi connectivity index (χ1v) is 9.53. The largest absolute Gasteiger partial charge is 0.264 e. The Morgan fingerprint density at radius 1 is 0.926 bits per heavy atom. The van der Waals surface area contributed by atoms with Gasteiger partial charge in [-0.1, -0.05) is 66.7 Å². The van der Waals surface area contributed by atoms with E-state index in [0.29, 0.717) is 6.54 Å². The van der Waals surface area contributed by atoms with Gasteiger partial charge in [0.2, 0.25) is 4.80 Å². The smallest absolute Gasteiger partial charge is 0.206 e. The molecule has 0 aliphatic heterocycles. The van der Waals surface area contributed by atoms with Gasteiger partial charge in [-0.05, 0) is 11.6 Å². The van der Waals surface area contributed by atoms with E-state index < -0.39 is 0 Å². The maximum atomic E-state index is 4.79. The summed E-state index contributed by atoms with van der Waals surface area (Å²) in [5.74, 6) is 0. The van der Waals surface area contributed by atoms with Gasteiger partial charge in [0.05, 0.1) is 18.5 Å². The van der Waals surface area contributed by atoms with Crippen molar-refractivity contribution in [3.05, 3.63) is 106 Å². The van der Waals surface area contributed by atoms with Crippen molar-refractivity contribution in [1.82, 2.24) is 9.66 Å². The molecule has 0 amide bonds. The molecule has 0 unspecified atom stereocenters. The lowest BCUT2D eigenvalue weighted by Gasteiger charge is -2.03. The average Bonchev–Trinajstić information content (AvgIpc) is 3.15. The molecule has 0 aliphatic rings. The van der Waals surface area contributed by atoms with Crippen molar-refractivity contribution in [2.75, 3.05) is 0 Å². The van der Waals surface area contributed by atoms with Crippen molar-refractivity contribution in [2.45, 2.75) is 6.54 Å². The van der Waals surface area contributed by atoms with Gasteiger partial charge in [0, 0.05) is 28.9 Å². The van der Waals surface area contributed by atoms with E-state index in [1.807, 2.05) is 59.4 Å². The quantitative estimate of drug-likeness (QED) is 0.474. The zero-order chi connectivity index (χ0) is 18.3. The summed E-state index contributed by atoms with van der Waals surface area (Å²) in [7, 11) is 0. The lowest BCUT2D eigenvalue weighted by atomic mass is 10.2. The van der Waals surface area contributed by atoms with Crippen LogP contribution >= 0.6 is 11.3 Å². The van der Waals surface area contributed by atoms with Crippen LogP contribution in [0.2, 0.25) is 0 Å². The molecule has 0 N–H and O–H groups in total. The highest BCUT2D eigenvalue weighted by atomic mass is 32.1. The fraction of sp³-hybridized carbons (Fsp3) is 0.0455. The number of hydrogen-bond donors (Lipinski definition) is 0. The van der Waals surface area contributed by atoms with Crippen molar-refractivity contribution >= 4 is 17.6 Å². The molecule has 2 aromatic carbocycles. The molecule has 2 heterocycles. The number of rotatable bonds is 5. The van der Waals surface area contributed by atoms with E-state index in [-0.39, 0.29) is 0 Å². The maximum Gasteiger partial charge on any atom is 0.206 e. The third kappa shape index (κ3) is 4.27. The number of hydrogen-bond acceptors (Lipinski definition) is 4. The predicted octanol–water partition coefficient (Wildman–Crippen LogP) is 4.59. The minimum absolute atomic E-state index is 0.623. The molecule has 0 fully saturated rings. The molecule has 4 nitrogen and oxygen atoms in total. The standard InChI is InChI=1S/C22H18N4S/c1-3-8-18(9-4-1)15-24-22-26(25-16-19-10-7-13-23-14-19)21(17-27-22)20-11-5-2-6-12-20/h1-14,16-17H,15H2/b24-22?,25-16+. The summed E-state index contributed by atoms with van der Waals surface area (Å²) in [5.41, 5.74) is 4.25. The van der Waals surface area contributed by atoms with Crippen LogP contribution in [0.4, 0.5) is 0 Å². The van der Waals surface area contributed by atoms with Gasteiger partial charge < -0.3 is 0 Å². The molecule has 4 rings (SSSR count). The minimum atomic E-state index is 0.623. The molecule has 0 spiro atoms. The molecule has 0 aliphatic carbocycles. The van der Waals surface area contributed by atoms with Gasteiger partial charge in [-0.3, -0.25) is 9.98 Å². The molecule has 0 atom stereocenters. The first-order chi connectivity index (χ1) is 13.4. The van der Waals surface area contributed by atoms with Gasteiger partial charge in [0.15, 0.2) is 0 Å². The van der Waals surface area contributed by atoms with Gasteiger partial charge in [-0.15, -0.1) is 11.3 Å². The monoisotopic (exact) mass is 370 g/mol. The van der Waals surface area contributed by atoms with Gasteiger partial charge in [0.1, 0.15) is 0 Å². The molecule has 2 aromatic heterocycles. The summed E-state index contributed by atoms with van der Waals surface area (Å²) in [5, 5.41) is 6.79. The number of nitrogens with zero attached hydrogens (tertiary/aromatic N) is 4. The molecular formula is C22H18N4S. The van der Waals surface area contributed by atoms with Crippen molar-refractivity contribution in [2.24, 2.45) is 10.1 Å². The zero-order valence-corrected chi connectivity index (χ0v) is 15.5. The van der Waals surface area contributed by atoms with Crippen molar-refractivity contribution in [3.63, 3.8) is 0 Å². The van der Waals surface area contributed by atoms with Gasteiger partial charge in [0.25, 0.3) is 0 Å². The topological polar surface area (TPSA) is 42.5 Å². The highest BCUT2D eigenvalue weighted by Gasteiger charge is 2.07. The normalized spacial score (nSPS) is 11.9. The maximum absolute atomic E-state index is 4.79. The van der Waals surface area contributed by atoms with E-state index in [0.717, 1.165) is 21.6 Å². The summed E-state index contributed by atoms with van der Waals surface area (Å²) in [6.07, 6.45) is 5.36. The van der Waals surface area contributed by atoms with Crippen LogP contribution in [0.1, 0.15) is 11.1 Å². The van der Waals surface area contributed by atoms with Gasteiger partial charge in [-0.2, -0.15) is 5.10 Å². The Balaban J connectivity index is 1.75. The second-order valence-electron chi connectivity index (χ2n) is 5.91. The van der Waals surface area contributed by atoms with E-state index in [4.69, 9.17) is 10.1 Å². The Hall–Kier alpha value is -3.31. The first-order valence-electron chi connectivity index (χ1n) is 8.65. The summed E-state index contributed by atoms with van der Waals surface area (Å²) in [6, 6.07) is 24.4. The van der Waals surface area contributed by atoms with Crippen LogP contribution in [0.3, 0.4) is 0 Å². The number of benzene rings is 2. The fourth-order valence-electron chi connectivity index (χ4n) is 2.65. The van der Waals surface area contributed by atoms with Crippen LogP contribution in [-0.4, -0.2) is 15.9 Å². The van der Waals surface area contributed by atoms with Gasteiger partial charge >= 0.3 is 0 Å². The third-order valence-electron chi connectivity index (χ3n) is 4.00. The van der Waals surface area contributed by atoms with Crippen LogP contribution in [-0.2, 0) is 6.54 Å². The first kappa shape index (κ1) is 17.1. The number of aromatic nitrogens is 2. The van der Waals surface area contributed by atoms with E-state index in [9.17, 15) is 0 Å². The van der Waals surface area contributed by atoms with E-state index in [2.05, 4.69) is 34.6 Å². The molecule has 4 aromatic rings. The number of pyridine rings is 1. The Labute approximate surface area is 161 Å². The average molecular weight is 370 g/mol. The third-order valence-corrected chi connectivity index (χ3v) is 4.86. The Kier molecular flexibility index (Phi) is 5.31. The molecule has 0 bridgehead atoms. The van der Waals surface area contributed by atoms with Crippen LogP contribution in [0.15, 0.2) is 101 Å². The van der Waals surface area contributed by atoms with Crippen molar-refractivity contribution < 1.29 is 0 Å². The van der Waals surface area contributed by atoms with Crippen molar-refractivity contribution in [3.8, 4) is 11.3 Å². The zero-order valence-electron chi connectivity index (χ0n) is 14.6. The van der Waals surface area contributed by atoms with E-state index >= 15 is 0 Å². The molecular weight excluding hydrogens is 352 g/mol. The molecule has 5 heteroatoms. The summed E-state index contributed by atoms with van der Waals surface area (Å²) >= 11 is 1.59. The predicted molar refractivity (Wildman–Crippen MR) is 111 cm³/mol. The Morgan fingerprint density at radius 2 is 1.70 bits per heavy atom.